The maximum atomic E-state index is 5.84. The highest BCUT2D eigenvalue weighted by molar-refractivity contribution is 6.01. The highest BCUT2D eigenvalue weighted by Crippen LogP contribution is 2.19. The first-order chi connectivity index (χ1) is 8.77. The topological polar surface area (TPSA) is 36.9 Å². The molecule has 4 nitrogen and oxygen atoms in total. The Balaban J connectivity index is 2.07. The number of amidine groups is 1. The van der Waals surface area contributed by atoms with Crippen molar-refractivity contribution in [2.75, 3.05) is 40.3 Å². The summed E-state index contributed by atoms with van der Waals surface area (Å²) in [5, 5.41) is 3.33. The molecule has 0 aliphatic carbocycles. The molecule has 1 N–H and O–H groups in total. The highest BCUT2D eigenvalue weighted by Gasteiger charge is 2.11. The van der Waals surface area contributed by atoms with Crippen molar-refractivity contribution in [2.45, 2.75) is 6.42 Å². The van der Waals surface area contributed by atoms with Gasteiger partial charge in [-0.1, -0.05) is 12.1 Å². The van der Waals surface area contributed by atoms with Crippen molar-refractivity contribution in [1.82, 2.24) is 10.2 Å². The summed E-state index contributed by atoms with van der Waals surface area (Å²) < 4.78 is 5.84. The molecule has 0 radical (unpaired) electrons. The molecule has 1 aliphatic heterocycles. The van der Waals surface area contributed by atoms with E-state index in [0.29, 0.717) is 6.61 Å². The third-order valence-corrected chi connectivity index (χ3v) is 2.84. The van der Waals surface area contributed by atoms with Crippen LogP contribution in [0, 0.1) is 0 Å². The van der Waals surface area contributed by atoms with Crippen LogP contribution in [0.15, 0.2) is 29.3 Å². The van der Waals surface area contributed by atoms with Gasteiger partial charge < -0.3 is 15.0 Å². The zero-order valence-electron chi connectivity index (χ0n) is 11.1. The van der Waals surface area contributed by atoms with Crippen molar-refractivity contribution in [2.24, 2.45) is 4.99 Å². The van der Waals surface area contributed by atoms with E-state index in [0.717, 1.165) is 43.2 Å². The molecule has 4 heteroatoms. The fraction of sp³-hybridized carbons (Fsp3) is 0.500. The van der Waals surface area contributed by atoms with Crippen molar-refractivity contribution in [3.8, 4) is 5.75 Å². The lowest BCUT2D eigenvalue weighted by atomic mass is 10.1. The first-order valence-corrected chi connectivity index (χ1v) is 6.42. The summed E-state index contributed by atoms with van der Waals surface area (Å²) in [6, 6.07) is 8.08. The van der Waals surface area contributed by atoms with E-state index in [1.165, 1.54) is 0 Å². The molecular weight excluding hydrogens is 226 g/mol. The number of likely N-dealkylation sites (N-methyl/N-ethyl adjacent to an activating group) is 1. The average molecular weight is 247 g/mol. The van der Waals surface area contributed by atoms with E-state index in [1.54, 1.807) is 0 Å². The van der Waals surface area contributed by atoms with Crippen LogP contribution in [0.25, 0.3) is 0 Å². The third-order valence-electron chi connectivity index (χ3n) is 2.84. The van der Waals surface area contributed by atoms with Crippen LogP contribution in [-0.2, 0) is 0 Å². The first-order valence-electron chi connectivity index (χ1n) is 6.42. The van der Waals surface area contributed by atoms with E-state index in [9.17, 15) is 0 Å². The molecule has 0 bridgehead atoms. The van der Waals surface area contributed by atoms with Crippen LogP contribution < -0.4 is 10.1 Å². The van der Waals surface area contributed by atoms with Crippen molar-refractivity contribution in [1.29, 1.82) is 0 Å². The van der Waals surface area contributed by atoms with Gasteiger partial charge in [-0.15, -0.1) is 0 Å². The Hall–Kier alpha value is -1.55. The number of hydrogen-bond acceptors (Lipinski definition) is 4. The second-order valence-electron chi connectivity index (χ2n) is 4.66. The number of nitrogens with one attached hydrogen (secondary N) is 1. The monoisotopic (exact) mass is 247 g/mol. The minimum atomic E-state index is 0.692. The molecule has 0 aromatic heterocycles. The fourth-order valence-corrected chi connectivity index (χ4v) is 1.84. The molecule has 1 aliphatic rings. The molecule has 1 aromatic rings. The van der Waals surface area contributed by atoms with Crippen molar-refractivity contribution < 1.29 is 4.74 Å². The fourth-order valence-electron chi connectivity index (χ4n) is 1.84. The predicted octanol–water partition coefficient (Wildman–Crippen LogP) is 1.37. The summed E-state index contributed by atoms with van der Waals surface area (Å²) in [5.74, 6) is 1.87. The highest BCUT2D eigenvalue weighted by atomic mass is 16.5. The maximum absolute atomic E-state index is 5.84. The van der Waals surface area contributed by atoms with E-state index in [-0.39, 0.29) is 0 Å². The largest absolute Gasteiger partial charge is 0.491 e. The third kappa shape index (κ3) is 3.47. The Morgan fingerprint density at radius 3 is 2.89 bits per heavy atom. The van der Waals surface area contributed by atoms with Gasteiger partial charge in [-0.05, 0) is 32.6 Å². The number of hydrogen-bond donors (Lipinski definition) is 1. The Kier molecular flexibility index (Phi) is 4.59. The van der Waals surface area contributed by atoms with Gasteiger partial charge in [0, 0.05) is 19.6 Å². The zero-order chi connectivity index (χ0) is 12.8. The minimum absolute atomic E-state index is 0.692. The van der Waals surface area contributed by atoms with Crippen LogP contribution in [0.3, 0.4) is 0 Å². The minimum Gasteiger partial charge on any atom is -0.491 e. The molecule has 0 amide bonds. The smallest absolute Gasteiger partial charge is 0.132 e. The standard InChI is InChI=1S/C14H21N3O/c1-17(2)10-11-18-13-7-4-3-6-12(13)14-15-8-5-9-16-14/h3-4,6-7H,5,8-11H2,1-2H3,(H,15,16). The van der Waals surface area contributed by atoms with Gasteiger partial charge in [-0.25, -0.2) is 0 Å². The lowest BCUT2D eigenvalue weighted by Crippen LogP contribution is -2.30. The van der Waals surface area contributed by atoms with Gasteiger partial charge in [0.1, 0.15) is 18.2 Å². The van der Waals surface area contributed by atoms with Gasteiger partial charge in [0.25, 0.3) is 0 Å². The van der Waals surface area contributed by atoms with Crippen LogP contribution in [0.2, 0.25) is 0 Å². The second kappa shape index (κ2) is 6.40. The summed E-state index contributed by atoms with van der Waals surface area (Å²) in [7, 11) is 4.09. The maximum Gasteiger partial charge on any atom is 0.132 e. The molecule has 1 heterocycles. The van der Waals surface area contributed by atoms with Crippen LogP contribution in [0.5, 0.6) is 5.75 Å². The quantitative estimate of drug-likeness (QED) is 0.854. The number of ether oxygens (including phenoxy) is 1. The van der Waals surface area contributed by atoms with E-state index >= 15 is 0 Å². The van der Waals surface area contributed by atoms with Crippen LogP contribution in [0.1, 0.15) is 12.0 Å². The molecule has 0 unspecified atom stereocenters. The van der Waals surface area contributed by atoms with Gasteiger partial charge in [-0.3, -0.25) is 4.99 Å². The molecule has 98 valence electrons. The molecule has 0 fully saturated rings. The number of benzene rings is 1. The molecule has 2 rings (SSSR count). The Bertz CT molecular complexity index is 415. The van der Waals surface area contributed by atoms with Gasteiger partial charge in [0.15, 0.2) is 0 Å². The van der Waals surface area contributed by atoms with E-state index in [4.69, 9.17) is 4.74 Å². The summed E-state index contributed by atoms with van der Waals surface area (Å²) in [6.07, 6.45) is 1.10. The van der Waals surface area contributed by atoms with Crippen molar-refractivity contribution in [3.05, 3.63) is 29.8 Å². The number of para-hydroxylation sites is 1. The van der Waals surface area contributed by atoms with Crippen molar-refractivity contribution >= 4 is 5.84 Å². The van der Waals surface area contributed by atoms with Gasteiger partial charge in [0.05, 0.1) is 5.56 Å². The van der Waals surface area contributed by atoms with Crippen molar-refractivity contribution in [3.63, 3.8) is 0 Å². The summed E-state index contributed by atoms with van der Waals surface area (Å²) >= 11 is 0. The molecule has 0 spiro atoms. The molecule has 1 aromatic carbocycles. The Labute approximate surface area is 109 Å². The second-order valence-corrected chi connectivity index (χ2v) is 4.66. The summed E-state index contributed by atoms with van der Waals surface area (Å²) in [6.45, 7) is 3.49. The molecule has 18 heavy (non-hydrogen) atoms. The zero-order valence-corrected chi connectivity index (χ0v) is 11.1. The molecular formula is C14H21N3O. The number of aliphatic imine (C=N–C) groups is 1. The van der Waals surface area contributed by atoms with E-state index in [1.807, 2.05) is 32.3 Å². The lowest BCUT2D eigenvalue weighted by Gasteiger charge is -2.18. The van der Waals surface area contributed by atoms with E-state index in [2.05, 4.69) is 21.3 Å². The Morgan fingerprint density at radius 2 is 2.17 bits per heavy atom. The number of rotatable bonds is 5. The predicted molar refractivity (Wildman–Crippen MR) is 74.5 cm³/mol. The van der Waals surface area contributed by atoms with Crippen LogP contribution in [-0.4, -0.2) is 51.1 Å². The van der Waals surface area contributed by atoms with Gasteiger partial charge in [-0.2, -0.15) is 0 Å². The average Bonchev–Trinajstić information content (AvgIpc) is 2.40. The lowest BCUT2D eigenvalue weighted by molar-refractivity contribution is 0.261. The summed E-state index contributed by atoms with van der Waals surface area (Å²) in [5.41, 5.74) is 1.07. The van der Waals surface area contributed by atoms with Gasteiger partial charge >= 0.3 is 0 Å². The first kappa shape index (κ1) is 12.9. The van der Waals surface area contributed by atoms with E-state index < -0.39 is 0 Å². The molecule has 0 atom stereocenters. The molecule has 0 saturated carbocycles. The number of nitrogens with zero attached hydrogens (tertiary/aromatic N) is 2. The Morgan fingerprint density at radius 1 is 1.33 bits per heavy atom. The SMILES string of the molecule is CN(C)CCOc1ccccc1C1=NCCCN1. The van der Waals surface area contributed by atoms with Gasteiger partial charge in [0.2, 0.25) is 0 Å². The summed E-state index contributed by atoms with van der Waals surface area (Å²) in [4.78, 5) is 6.63. The van der Waals surface area contributed by atoms with Crippen LogP contribution in [0.4, 0.5) is 0 Å². The molecule has 0 saturated heterocycles. The van der Waals surface area contributed by atoms with Crippen LogP contribution >= 0.6 is 0 Å². The normalized spacial score (nSPS) is 15.2.